The normalized spacial score (nSPS) is 20.9. The Morgan fingerprint density at radius 3 is 3.07 bits per heavy atom. The standard InChI is InChI=1S/C8H13N5O2/c9-8-10-5-13(11-8)4-7(15)12-2-1-6(14)3-12/h5-6,14H,1-4H2,(H2,9,11)/t6-/m1/s1. The van der Waals surface area contributed by atoms with Crippen LogP contribution in [0, 0.1) is 0 Å². The Morgan fingerprint density at radius 1 is 1.73 bits per heavy atom. The second kappa shape index (κ2) is 3.85. The van der Waals surface area contributed by atoms with Gasteiger partial charge in [0.1, 0.15) is 12.9 Å². The molecule has 1 aromatic heterocycles. The molecule has 0 radical (unpaired) electrons. The zero-order valence-electron chi connectivity index (χ0n) is 8.20. The highest BCUT2D eigenvalue weighted by Crippen LogP contribution is 2.09. The Kier molecular flexibility index (Phi) is 2.55. The van der Waals surface area contributed by atoms with Crippen LogP contribution in [-0.4, -0.2) is 49.9 Å². The van der Waals surface area contributed by atoms with Crippen LogP contribution in [0.2, 0.25) is 0 Å². The van der Waals surface area contributed by atoms with Crippen molar-refractivity contribution in [2.75, 3.05) is 18.8 Å². The third-order valence-corrected chi connectivity index (χ3v) is 2.37. The molecule has 15 heavy (non-hydrogen) atoms. The number of nitrogens with two attached hydrogens (primary N) is 1. The van der Waals surface area contributed by atoms with E-state index in [1.165, 1.54) is 11.0 Å². The molecule has 1 aliphatic heterocycles. The number of likely N-dealkylation sites (tertiary alicyclic amines) is 1. The summed E-state index contributed by atoms with van der Waals surface area (Å²) in [5, 5.41) is 13.1. The molecular formula is C8H13N5O2. The highest BCUT2D eigenvalue weighted by molar-refractivity contribution is 5.76. The molecule has 0 bridgehead atoms. The van der Waals surface area contributed by atoms with E-state index in [-0.39, 0.29) is 18.4 Å². The quantitative estimate of drug-likeness (QED) is 0.617. The van der Waals surface area contributed by atoms with Gasteiger partial charge in [0.2, 0.25) is 11.9 Å². The lowest BCUT2D eigenvalue weighted by atomic mass is 10.3. The molecule has 3 N–H and O–H groups in total. The lowest BCUT2D eigenvalue weighted by Gasteiger charge is -2.14. The number of hydrogen-bond acceptors (Lipinski definition) is 5. The number of hydrogen-bond donors (Lipinski definition) is 2. The van der Waals surface area contributed by atoms with Crippen LogP contribution in [0.3, 0.4) is 0 Å². The zero-order chi connectivity index (χ0) is 10.8. The smallest absolute Gasteiger partial charge is 0.244 e. The molecule has 1 aliphatic rings. The van der Waals surface area contributed by atoms with Crippen LogP contribution in [0.1, 0.15) is 6.42 Å². The van der Waals surface area contributed by atoms with E-state index >= 15 is 0 Å². The number of aromatic nitrogens is 3. The van der Waals surface area contributed by atoms with Gasteiger partial charge in [-0.05, 0) is 6.42 Å². The first-order valence-corrected chi connectivity index (χ1v) is 4.76. The molecule has 1 saturated heterocycles. The van der Waals surface area contributed by atoms with Crippen LogP contribution in [0.25, 0.3) is 0 Å². The number of β-amino-alcohol motifs (C(OH)–C–C–N with tert-alkyl or cyclic N) is 1. The summed E-state index contributed by atoms with van der Waals surface area (Å²) >= 11 is 0. The number of carbonyl (C=O) groups excluding carboxylic acids is 1. The van der Waals surface area contributed by atoms with Crippen molar-refractivity contribution in [1.82, 2.24) is 19.7 Å². The first-order chi connectivity index (χ1) is 7.15. The van der Waals surface area contributed by atoms with Crippen molar-refractivity contribution >= 4 is 11.9 Å². The van der Waals surface area contributed by atoms with Crippen molar-refractivity contribution < 1.29 is 9.90 Å². The molecule has 2 heterocycles. The van der Waals surface area contributed by atoms with Crippen LogP contribution in [0.5, 0.6) is 0 Å². The summed E-state index contributed by atoms with van der Waals surface area (Å²) in [6, 6.07) is 0. The van der Waals surface area contributed by atoms with E-state index in [1.807, 2.05) is 0 Å². The van der Waals surface area contributed by atoms with Gasteiger partial charge in [-0.25, -0.2) is 9.67 Å². The maximum absolute atomic E-state index is 11.7. The zero-order valence-corrected chi connectivity index (χ0v) is 8.20. The Morgan fingerprint density at radius 2 is 2.53 bits per heavy atom. The molecule has 0 unspecified atom stereocenters. The summed E-state index contributed by atoms with van der Waals surface area (Å²) in [7, 11) is 0. The first kappa shape index (κ1) is 9.91. The molecule has 1 amide bonds. The van der Waals surface area contributed by atoms with Crippen LogP contribution in [0.15, 0.2) is 6.33 Å². The lowest BCUT2D eigenvalue weighted by molar-refractivity contribution is -0.131. The lowest BCUT2D eigenvalue weighted by Crippen LogP contribution is -2.32. The largest absolute Gasteiger partial charge is 0.391 e. The van der Waals surface area contributed by atoms with E-state index in [2.05, 4.69) is 10.1 Å². The third-order valence-electron chi connectivity index (χ3n) is 2.37. The Hall–Kier alpha value is -1.63. The minimum atomic E-state index is -0.394. The molecule has 7 nitrogen and oxygen atoms in total. The molecule has 1 aromatic rings. The van der Waals surface area contributed by atoms with Crippen molar-refractivity contribution in [3.8, 4) is 0 Å². The van der Waals surface area contributed by atoms with Gasteiger partial charge >= 0.3 is 0 Å². The second-order valence-corrected chi connectivity index (χ2v) is 3.58. The van der Waals surface area contributed by atoms with E-state index < -0.39 is 6.10 Å². The van der Waals surface area contributed by atoms with Gasteiger partial charge in [0, 0.05) is 13.1 Å². The summed E-state index contributed by atoms with van der Waals surface area (Å²) < 4.78 is 1.39. The topological polar surface area (TPSA) is 97.3 Å². The number of nitrogens with zero attached hydrogens (tertiary/aromatic N) is 4. The monoisotopic (exact) mass is 211 g/mol. The number of amides is 1. The maximum Gasteiger partial charge on any atom is 0.244 e. The van der Waals surface area contributed by atoms with Gasteiger partial charge < -0.3 is 15.7 Å². The van der Waals surface area contributed by atoms with Crippen molar-refractivity contribution in [2.24, 2.45) is 0 Å². The number of aliphatic hydroxyl groups is 1. The SMILES string of the molecule is Nc1ncn(CC(=O)N2CC[C@@H](O)C2)n1. The van der Waals surface area contributed by atoms with E-state index in [1.54, 1.807) is 4.90 Å². The van der Waals surface area contributed by atoms with Crippen molar-refractivity contribution in [3.63, 3.8) is 0 Å². The molecule has 0 aromatic carbocycles. The summed E-state index contributed by atoms with van der Waals surface area (Å²) in [6.45, 7) is 1.13. The molecule has 7 heteroatoms. The van der Waals surface area contributed by atoms with Gasteiger partial charge in [0.15, 0.2) is 0 Å². The number of aliphatic hydroxyl groups excluding tert-OH is 1. The van der Waals surface area contributed by atoms with Gasteiger partial charge in [-0.2, -0.15) is 0 Å². The van der Waals surface area contributed by atoms with Crippen LogP contribution in [0.4, 0.5) is 5.95 Å². The molecule has 82 valence electrons. The molecule has 1 atom stereocenters. The fourth-order valence-corrected chi connectivity index (χ4v) is 1.59. The minimum absolute atomic E-state index is 0.0727. The highest BCUT2D eigenvalue weighted by Gasteiger charge is 2.24. The number of nitrogen functional groups attached to an aromatic ring is 1. The van der Waals surface area contributed by atoms with Gasteiger partial charge in [0.05, 0.1) is 6.10 Å². The first-order valence-electron chi connectivity index (χ1n) is 4.76. The van der Waals surface area contributed by atoms with Crippen LogP contribution in [-0.2, 0) is 11.3 Å². The van der Waals surface area contributed by atoms with Gasteiger partial charge in [0.25, 0.3) is 0 Å². The summed E-state index contributed by atoms with van der Waals surface area (Å²) in [5.74, 6) is 0.0840. The number of anilines is 1. The fourth-order valence-electron chi connectivity index (χ4n) is 1.59. The molecule has 0 spiro atoms. The summed E-state index contributed by atoms with van der Waals surface area (Å²) in [6.07, 6.45) is 1.67. The predicted molar refractivity (Wildman–Crippen MR) is 51.6 cm³/mol. The van der Waals surface area contributed by atoms with Crippen molar-refractivity contribution in [3.05, 3.63) is 6.33 Å². The fraction of sp³-hybridized carbons (Fsp3) is 0.625. The molecule has 1 fully saturated rings. The molecule has 0 saturated carbocycles. The predicted octanol–water partition coefficient (Wildman–Crippen LogP) is -1.55. The van der Waals surface area contributed by atoms with E-state index in [9.17, 15) is 9.90 Å². The van der Waals surface area contributed by atoms with E-state index in [0.717, 1.165) is 0 Å². The van der Waals surface area contributed by atoms with E-state index in [4.69, 9.17) is 5.73 Å². The summed E-state index contributed by atoms with van der Waals surface area (Å²) in [4.78, 5) is 17.0. The number of rotatable bonds is 2. The average Bonchev–Trinajstić information content (AvgIpc) is 2.75. The maximum atomic E-state index is 11.7. The molecular weight excluding hydrogens is 198 g/mol. The van der Waals surface area contributed by atoms with E-state index in [0.29, 0.717) is 19.5 Å². The Balaban J connectivity index is 1.92. The Bertz CT molecular complexity index is 364. The minimum Gasteiger partial charge on any atom is -0.391 e. The highest BCUT2D eigenvalue weighted by atomic mass is 16.3. The second-order valence-electron chi connectivity index (χ2n) is 3.58. The van der Waals surface area contributed by atoms with Gasteiger partial charge in [-0.15, -0.1) is 5.10 Å². The van der Waals surface area contributed by atoms with Crippen molar-refractivity contribution in [2.45, 2.75) is 19.1 Å². The van der Waals surface area contributed by atoms with Crippen LogP contribution >= 0.6 is 0 Å². The average molecular weight is 211 g/mol. The van der Waals surface area contributed by atoms with Gasteiger partial charge in [-0.3, -0.25) is 4.79 Å². The van der Waals surface area contributed by atoms with Gasteiger partial charge in [-0.1, -0.05) is 0 Å². The number of carbonyl (C=O) groups is 1. The molecule has 2 rings (SSSR count). The summed E-state index contributed by atoms with van der Waals surface area (Å²) in [5.41, 5.74) is 5.32. The third kappa shape index (κ3) is 2.24. The Labute approximate surface area is 86.5 Å². The van der Waals surface area contributed by atoms with Crippen LogP contribution < -0.4 is 5.73 Å². The molecule has 0 aliphatic carbocycles. The van der Waals surface area contributed by atoms with Crippen molar-refractivity contribution in [1.29, 1.82) is 0 Å².